The van der Waals surface area contributed by atoms with E-state index in [1.165, 1.54) is 0 Å². The van der Waals surface area contributed by atoms with Gasteiger partial charge in [-0.2, -0.15) is 0 Å². The lowest BCUT2D eigenvalue weighted by Crippen LogP contribution is -2.38. The van der Waals surface area contributed by atoms with E-state index >= 15 is 0 Å². The van der Waals surface area contributed by atoms with Crippen LogP contribution in [0.1, 0.15) is 32.6 Å². The monoisotopic (exact) mass is 404 g/mol. The number of fused-ring (bicyclic) bond motifs is 1. The summed E-state index contributed by atoms with van der Waals surface area (Å²) in [5.74, 6) is 1.41. The van der Waals surface area contributed by atoms with Crippen LogP contribution in [0.15, 0.2) is 40.8 Å². The Morgan fingerprint density at radius 1 is 1.37 bits per heavy atom. The molecule has 0 aliphatic carbocycles. The molecule has 6 nitrogen and oxygen atoms in total. The first kappa shape index (κ1) is 20.1. The number of hydrogen-bond donors (Lipinski definition) is 0. The van der Waals surface area contributed by atoms with Gasteiger partial charge in [0.05, 0.1) is 0 Å². The zero-order chi connectivity index (χ0) is 19.1. The normalized spacial score (nSPS) is 19.1. The largest absolute Gasteiger partial charge is 0.295 e. The van der Waals surface area contributed by atoms with Gasteiger partial charge in [-0.1, -0.05) is 31.2 Å². The van der Waals surface area contributed by atoms with Crippen molar-refractivity contribution in [1.29, 1.82) is 0 Å². The molecular formula is C19H24N4O2S2. The fourth-order valence-electron chi connectivity index (χ4n) is 3.04. The molecule has 0 spiro atoms. The molecule has 1 fully saturated rings. The number of imidazole rings is 1. The average molecular weight is 405 g/mol. The summed E-state index contributed by atoms with van der Waals surface area (Å²) < 4.78 is 1.99. The van der Waals surface area contributed by atoms with Crippen LogP contribution in [0.4, 0.5) is 0 Å². The number of rotatable bonds is 10. The lowest BCUT2D eigenvalue weighted by Gasteiger charge is -2.21. The SMILES string of the molecule is CCCC=C1SCN(CCCCSc2nccc3nccn23)C1C(=O)C=O. The Labute approximate surface area is 167 Å². The molecule has 144 valence electrons. The highest BCUT2D eigenvalue weighted by Crippen LogP contribution is 2.34. The van der Waals surface area contributed by atoms with Gasteiger partial charge in [0.1, 0.15) is 11.7 Å². The molecule has 1 aliphatic rings. The Bertz CT molecular complexity index is 821. The van der Waals surface area contributed by atoms with Crippen LogP contribution < -0.4 is 0 Å². The topological polar surface area (TPSA) is 67.6 Å². The van der Waals surface area contributed by atoms with Gasteiger partial charge in [0.2, 0.25) is 5.78 Å². The van der Waals surface area contributed by atoms with Crippen molar-refractivity contribution in [3.8, 4) is 0 Å². The van der Waals surface area contributed by atoms with E-state index in [1.54, 1.807) is 35.9 Å². The lowest BCUT2D eigenvalue weighted by atomic mass is 10.1. The second-order valence-electron chi connectivity index (χ2n) is 6.34. The minimum absolute atomic E-state index is 0.326. The molecule has 0 radical (unpaired) electrons. The molecule has 3 heterocycles. The van der Waals surface area contributed by atoms with E-state index < -0.39 is 0 Å². The molecule has 2 aromatic rings. The van der Waals surface area contributed by atoms with Crippen LogP contribution in [0.3, 0.4) is 0 Å². The van der Waals surface area contributed by atoms with Gasteiger partial charge < -0.3 is 0 Å². The van der Waals surface area contributed by atoms with Crippen molar-refractivity contribution < 1.29 is 9.59 Å². The first-order valence-corrected chi connectivity index (χ1v) is 11.2. The van der Waals surface area contributed by atoms with Crippen molar-refractivity contribution in [3.63, 3.8) is 0 Å². The van der Waals surface area contributed by atoms with Crippen LogP contribution >= 0.6 is 23.5 Å². The number of ketones is 1. The predicted molar refractivity (Wildman–Crippen MR) is 110 cm³/mol. The van der Waals surface area contributed by atoms with Crippen LogP contribution in [0.5, 0.6) is 0 Å². The summed E-state index contributed by atoms with van der Waals surface area (Å²) in [6.45, 7) is 2.94. The third-order valence-corrected chi connectivity index (χ3v) is 6.64. The highest BCUT2D eigenvalue weighted by Gasteiger charge is 2.34. The second kappa shape index (κ2) is 10.1. The Morgan fingerprint density at radius 2 is 2.26 bits per heavy atom. The van der Waals surface area contributed by atoms with E-state index in [4.69, 9.17) is 0 Å². The van der Waals surface area contributed by atoms with Crippen LogP contribution in [0.25, 0.3) is 5.65 Å². The van der Waals surface area contributed by atoms with E-state index in [0.29, 0.717) is 6.29 Å². The summed E-state index contributed by atoms with van der Waals surface area (Å²) in [5.41, 5.74) is 0.906. The maximum absolute atomic E-state index is 12.1. The van der Waals surface area contributed by atoms with E-state index in [0.717, 1.165) is 59.6 Å². The summed E-state index contributed by atoms with van der Waals surface area (Å²) >= 11 is 3.40. The number of hydrogen-bond acceptors (Lipinski definition) is 7. The molecule has 2 aromatic heterocycles. The average Bonchev–Trinajstić information content (AvgIpc) is 3.32. The molecular weight excluding hydrogens is 380 g/mol. The van der Waals surface area contributed by atoms with Gasteiger partial charge in [0, 0.05) is 41.7 Å². The minimum atomic E-state index is -0.368. The van der Waals surface area contributed by atoms with Crippen molar-refractivity contribution in [3.05, 3.63) is 35.6 Å². The molecule has 0 N–H and O–H groups in total. The van der Waals surface area contributed by atoms with Crippen molar-refractivity contribution in [2.75, 3.05) is 18.2 Å². The second-order valence-corrected chi connectivity index (χ2v) is 8.42. The highest BCUT2D eigenvalue weighted by molar-refractivity contribution is 8.03. The molecule has 27 heavy (non-hydrogen) atoms. The van der Waals surface area contributed by atoms with Gasteiger partial charge in [0.25, 0.3) is 0 Å². The molecule has 1 unspecified atom stereocenters. The van der Waals surface area contributed by atoms with Gasteiger partial charge in [0.15, 0.2) is 11.4 Å². The third kappa shape index (κ3) is 5.00. The zero-order valence-corrected chi connectivity index (χ0v) is 17.0. The maximum Gasteiger partial charge on any atom is 0.217 e. The molecule has 3 rings (SSSR count). The number of aldehydes is 1. The quantitative estimate of drug-likeness (QED) is 0.198. The minimum Gasteiger partial charge on any atom is -0.295 e. The summed E-state index contributed by atoms with van der Waals surface area (Å²) in [6, 6.07) is 1.52. The predicted octanol–water partition coefficient (Wildman–Crippen LogP) is 3.43. The van der Waals surface area contributed by atoms with E-state index in [2.05, 4.69) is 27.9 Å². The summed E-state index contributed by atoms with van der Waals surface area (Å²) in [4.78, 5) is 35.0. The molecule has 0 bridgehead atoms. The third-order valence-electron chi connectivity index (χ3n) is 4.41. The van der Waals surface area contributed by atoms with Crippen molar-refractivity contribution in [1.82, 2.24) is 19.3 Å². The van der Waals surface area contributed by atoms with Crippen LogP contribution in [0, 0.1) is 0 Å². The fourth-order valence-corrected chi connectivity index (χ4v) is 5.26. The number of carbonyl (C=O) groups excluding carboxylic acids is 2. The first-order valence-electron chi connectivity index (χ1n) is 9.21. The molecule has 0 amide bonds. The summed E-state index contributed by atoms with van der Waals surface area (Å²) in [7, 11) is 0. The summed E-state index contributed by atoms with van der Waals surface area (Å²) in [6.07, 6.45) is 12.1. The Hall–Kier alpha value is -1.64. The number of carbonyl (C=O) groups is 2. The van der Waals surface area contributed by atoms with Crippen LogP contribution in [0.2, 0.25) is 0 Å². The molecule has 0 aromatic carbocycles. The van der Waals surface area contributed by atoms with Gasteiger partial charge in [-0.3, -0.25) is 18.9 Å². The highest BCUT2D eigenvalue weighted by atomic mass is 32.2. The molecule has 1 atom stereocenters. The number of Topliss-reactive ketones (excluding diaryl/α,β-unsaturated/α-hetero) is 1. The number of unbranched alkanes of at least 4 members (excludes halogenated alkanes) is 2. The van der Waals surface area contributed by atoms with Crippen molar-refractivity contribution in [2.45, 2.75) is 43.8 Å². The fraction of sp³-hybridized carbons (Fsp3) is 0.474. The molecule has 0 saturated carbocycles. The Kier molecular flexibility index (Phi) is 7.49. The lowest BCUT2D eigenvalue weighted by molar-refractivity contribution is -0.132. The number of allylic oxidation sites excluding steroid dienone is 1. The van der Waals surface area contributed by atoms with Gasteiger partial charge >= 0.3 is 0 Å². The number of aromatic nitrogens is 3. The van der Waals surface area contributed by atoms with E-state index in [9.17, 15) is 9.59 Å². The first-order chi connectivity index (χ1) is 13.2. The smallest absolute Gasteiger partial charge is 0.217 e. The zero-order valence-electron chi connectivity index (χ0n) is 15.4. The van der Waals surface area contributed by atoms with E-state index in [1.807, 2.05) is 16.7 Å². The Morgan fingerprint density at radius 3 is 3.07 bits per heavy atom. The van der Waals surface area contributed by atoms with Crippen molar-refractivity contribution in [2.24, 2.45) is 0 Å². The maximum atomic E-state index is 12.1. The molecule has 1 aliphatic heterocycles. The standard InChI is InChI=1S/C19H24N4O2S2/c1-2-3-6-16-18(15(25)13-24)22(14-27-16)10-4-5-12-26-19-21-8-7-17-20-9-11-23(17)19/h6-9,11,13,18H,2-5,10,12,14H2,1H3. The van der Waals surface area contributed by atoms with Crippen molar-refractivity contribution >= 4 is 41.2 Å². The van der Waals surface area contributed by atoms with Gasteiger partial charge in [-0.15, -0.1) is 11.8 Å². The van der Waals surface area contributed by atoms with Gasteiger partial charge in [-0.05, 0) is 25.3 Å². The number of nitrogens with zero attached hydrogens (tertiary/aromatic N) is 4. The Balaban J connectivity index is 1.48. The van der Waals surface area contributed by atoms with E-state index in [-0.39, 0.29) is 11.8 Å². The van der Waals surface area contributed by atoms with Crippen LogP contribution in [-0.4, -0.2) is 55.6 Å². The molecule has 1 saturated heterocycles. The molecule has 8 heteroatoms. The number of thioether (sulfide) groups is 2. The van der Waals surface area contributed by atoms with Crippen LogP contribution in [-0.2, 0) is 9.59 Å². The summed E-state index contributed by atoms with van der Waals surface area (Å²) in [5, 5.41) is 0.945. The van der Waals surface area contributed by atoms with Gasteiger partial charge in [-0.25, -0.2) is 9.97 Å².